The lowest BCUT2D eigenvalue weighted by Crippen LogP contribution is -2.51. The molecule has 1 aliphatic carbocycles. The number of hydrogen-bond donors (Lipinski definition) is 1. The summed E-state index contributed by atoms with van der Waals surface area (Å²) in [6.45, 7) is 1.80. The Labute approximate surface area is 85.1 Å². The fourth-order valence-electron chi connectivity index (χ4n) is 2.61. The Hall–Kier alpha value is -0.130. The molecular weight excluding hydrogens is 202 g/mol. The van der Waals surface area contributed by atoms with E-state index in [-0.39, 0.29) is 6.10 Å². The molecule has 82 valence electrons. The number of fused-ring (bicyclic) bond motifs is 2. The zero-order valence-corrected chi connectivity index (χ0v) is 9.22. The monoisotopic (exact) mass is 219 g/mol. The van der Waals surface area contributed by atoms with Crippen LogP contribution >= 0.6 is 0 Å². The molecule has 2 rings (SSSR count). The van der Waals surface area contributed by atoms with Crippen LogP contribution in [0.1, 0.15) is 19.3 Å². The van der Waals surface area contributed by atoms with Crippen LogP contribution in [-0.4, -0.2) is 33.9 Å². The van der Waals surface area contributed by atoms with E-state index in [0.717, 1.165) is 32.2 Å². The fraction of sp³-hybridized carbons (Fsp3) is 1.00. The fourth-order valence-corrected chi connectivity index (χ4v) is 3.32. The van der Waals surface area contributed by atoms with Gasteiger partial charge in [0.15, 0.2) is 0 Å². The van der Waals surface area contributed by atoms with Crippen molar-refractivity contribution in [2.45, 2.75) is 25.4 Å². The van der Waals surface area contributed by atoms with Gasteiger partial charge in [0.25, 0.3) is 10.1 Å². The number of piperidine rings is 1. The zero-order chi connectivity index (χ0) is 10.2. The van der Waals surface area contributed by atoms with Gasteiger partial charge in [-0.05, 0) is 24.7 Å². The topological polar surface area (TPSA) is 55.4 Å². The normalized spacial score (nSPS) is 38.2. The smallest absolute Gasteiger partial charge is 0.264 e. The number of rotatable bonds is 2. The van der Waals surface area contributed by atoms with Crippen LogP contribution in [0.15, 0.2) is 0 Å². The highest BCUT2D eigenvalue weighted by Gasteiger charge is 2.38. The quantitative estimate of drug-likeness (QED) is 0.681. The van der Waals surface area contributed by atoms with Gasteiger partial charge >= 0.3 is 0 Å². The van der Waals surface area contributed by atoms with Gasteiger partial charge in [-0.3, -0.25) is 4.18 Å². The van der Waals surface area contributed by atoms with E-state index >= 15 is 0 Å². The van der Waals surface area contributed by atoms with E-state index in [1.54, 1.807) is 0 Å². The first-order valence-corrected chi connectivity index (χ1v) is 6.97. The Morgan fingerprint density at radius 1 is 1.21 bits per heavy atom. The summed E-state index contributed by atoms with van der Waals surface area (Å²) in [7, 11) is -3.29. The van der Waals surface area contributed by atoms with Gasteiger partial charge in [0.1, 0.15) is 0 Å². The molecule has 0 aromatic heterocycles. The minimum absolute atomic E-state index is 0.0694. The van der Waals surface area contributed by atoms with Gasteiger partial charge in [-0.25, -0.2) is 0 Å². The first-order chi connectivity index (χ1) is 6.56. The molecule has 5 heteroatoms. The Kier molecular flexibility index (Phi) is 2.81. The van der Waals surface area contributed by atoms with Crippen molar-refractivity contribution in [3.63, 3.8) is 0 Å². The number of hydrogen-bond acceptors (Lipinski definition) is 4. The summed E-state index contributed by atoms with van der Waals surface area (Å²) in [6.07, 6.45) is 4.46. The average Bonchev–Trinajstić information content (AvgIpc) is 1.99. The highest BCUT2D eigenvalue weighted by Crippen LogP contribution is 2.34. The molecule has 1 heterocycles. The molecule has 2 fully saturated rings. The van der Waals surface area contributed by atoms with E-state index in [0.29, 0.717) is 11.8 Å². The molecule has 0 radical (unpaired) electrons. The summed E-state index contributed by atoms with van der Waals surface area (Å²) in [4.78, 5) is 0. The van der Waals surface area contributed by atoms with Crippen LogP contribution in [0.5, 0.6) is 0 Å². The average molecular weight is 219 g/mol. The molecule has 2 aliphatic rings. The van der Waals surface area contributed by atoms with Crippen molar-refractivity contribution >= 4 is 10.1 Å². The van der Waals surface area contributed by atoms with Crippen LogP contribution < -0.4 is 5.32 Å². The van der Waals surface area contributed by atoms with Crippen molar-refractivity contribution in [3.05, 3.63) is 0 Å². The first-order valence-electron chi connectivity index (χ1n) is 5.15. The Morgan fingerprint density at radius 3 is 2.29 bits per heavy atom. The van der Waals surface area contributed by atoms with Crippen LogP contribution in [0.2, 0.25) is 0 Å². The van der Waals surface area contributed by atoms with Gasteiger partial charge < -0.3 is 5.32 Å². The molecule has 1 aliphatic heterocycles. The van der Waals surface area contributed by atoms with E-state index in [2.05, 4.69) is 5.32 Å². The predicted molar refractivity (Wildman–Crippen MR) is 53.4 cm³/mol. The van der Waals surface area contributed by atoms with Crippen molar-refractivity contribution in [3.8, 4) is 0 Å². The van der Waals surface area contributed by atoms with E-state index in [4.69, 9.17) is 4.18 Å². The molecule has 0 aromatic carbocycles. The Balaban J connectivity index is 2.09. The molecule has 4 nitrogen and oxygen atoms in total. The molecule has 14 heavy (non-hydrogen) atoms. The standard InChI is InChI=1S/C9H17NO3S/c1-14(11,12)13-9-7-3-2-4-8(9)6-10-5-7/h7-10H,2-6H2,1H3. The molecule has 0 amide bonds. The van der Waals surface area contributed by atoms with Crippen LogP contribution in [-0.2, 0) is 14.3 Å². The van der Waals surface area contributed by atoms with E-state index in [1.165, 1.54) is 6.42 Å². The Bertz CT molecular complexity index is 279. The zero-order valence-electron chi connectivity index (χ0n) is 8.40. The van der Waals surface area contributed by atoms with Crippen molar-refractivity contribution in [1.82, 2.24) is 5.32 Å². The molecule has 2 bridgehead atoms. The van der Waals surface area contributed by atoms with Crippen LogP contribution in [0.25, 0.3) is 0 Å². The van der Waals surface area contributed by atoms with Gasteiger partial charge in [-0.1, -0.05) is 6.42 Å². The lowest BCUT2D eigenvalue weighted by molar-refractivity contribution is 0.0216. The summed E-state index contributed by atoms with van der Waals surface area (Å²) in [5.41, 5.74) is 0. The summed E-state index contributed by atoms with van der Waals surface area (Å²) in [5, 5.41) is 3.33. The molecule has 1 saturated carbocycles. The van der Waals surface area contributed by atoms with Gasteiger partial charge in [0.05, 0.1) is 12.4 Å². The molecular formula is C9H17NO3S. The van der Waals surface area contributed by atoms with E-state index < -0.39 is 10.1 Å². The highest BCUT2D eigenvalue weighted by molar-refractivity contribution is 7.86. The third-order valence-electron chi connectivity index (χ3n) is 3.18. The molecule has 0 spiro atoms. The maximum Gasteiger partial charge on any atom is 0.264 e. The molecule has 1 N–H and O–H groups in total. The lowest BCUT2D eigenvalue weighted by atomic mass is 9.76. The van der Waals surface area contributed by atoms with Gasteiger partial charge in [-0.15, -0.1) is 0 Å². The summed E-state index contributed by atoms with van der Waals surface area (Å²) >= 11 is 0. The largest absolute Gasteiger partial charge is 0.316 e. The lowest BCUT2D eigenvalue weighted by Gasteiger charge is -2.41. The van der Waals surface area contributed by atoms with Crippen molar-refractivity contribution in [1.29, 1.82) is 0 Å². The highest BCUT2D eigenvalue weighted by atomic mass is 32.2. The predicted octanol–water partition coefficient (Wildman–Crippen LogP) is 0.351. The minimum atomic E-state index is -3.29. The second-order valence-electron chi connectivity index (χ2n) is 4.37. The molecule has 1 saturated heterocycles. The molecule has 2 unspecified atom stereocenters. The number of nitrogens with one attached hydrogen (secondary N) is 1. The van der Waals surface area contributed by atoms with Crippen LogP contribution in [0, 0.1) is 11.8 Å². The second-order valence-corrected chi connectivity index (χ2v) is 5.97. The van der Waals surface area contributed by atoms with Crippen LogP contribution in [0.4, 0.5) is 0 Å². The van der Waals surface area contributed by atoms with E-state index in [1.807, 2.05) is 0 Å². The maximum absolute atomic E-state index is 11.1. The first kappa shape index (κ1) is 10.4. The maximum atomic E-state index is 11.1. The van der Waals surface area contributed by atoms with E-state index in [9.17, 15) is 8.42 Å². The van der Waals surface area contributed by atoms with Gasteiger partial charge in [0, 0.05) is 13.1 Å². The van der Waals surface area contributed by atoms with Gasteiger partial charge in [-0.2, -0.15) is 8.42 Å². The molecule has 0 aromatic rings. The van der Waals surface area contributed by atoms with Crippen LogP contribution in [0.3, 0.4) is 0 Å². The van der Waals surface area contributed by atoms with Crippen molar-refractivity contribution in [2.75, 3.05) is 19.3 Å². The minimum Gasteiger partial charge on any atom is -0.316 e. The summed E-state index contributed by atoms with van der Waals surface area (Å²) in [5.74, 6) is 0.773. The third kappa shape index (κ3) is 2.27. The summed E-state index contributed by atoms with van der Waals surface area (Å²) < 4.78 is 27.4. The second kappa shape index (κ2) is 3.79. The van der Waals surface area contributed by atoms with Crippen molar-refractivity contribution in [2.24, 2.45) is 11.8 Å². The Morgan fingerprint density at radius 2 is 1.79 bits per heavy atom. The SMILES string of the molecule is CS(=O)(=O)OC1C2CCCC1CNC2. The van der Waals surface area contributed by atoms with Gasteiger partial charge in [0.2, 0.25) is 0 Å². The van der Waals surface area contributed by atoms with Crippen molar-refractivity contribution < 1.29 is 12.6 Å². The third-order valence-corrected chi connectivity index (χ3v) is 3.75. The summed E-state index contributed by atoms with van der Waals surface area (Å²) in [6, 6.07) is 0. The molecule has 2 atom stereocenters.